The summed E-state index contributed by atoms with van der Waals surface area (Å²) in [5.41, 5.74) is 8.31. The summed E-state index contributed by atoms with van der Waals surface area (Å²) in [5, 5.41) is 0. The van der Waals surface area contributed by atoms with Crippen molar-refractivity contribution in [3.63, 3.8) is 0 Å². The maximum absolute atomic E-state index is 4.10. The Morgan fingerprint density at radius 2 is 1.71 bits per heavy atom. The highest BCUT2D eigenvalue weighted by molar-refractivity contribution is 5.71. The highest BCUT2D eigenvalue weighted by Crippen LogP contribution is 2.61. The van der Waals surface area contributed by atoms with Gasteiger partial charge in [-0.05, 0) is 74.0 Å². The van der Waals surface area contributed by atoms with Crippen LogP contribution in [0, 0.1) is 5.41 Å². The summed E-state index contributed by atoms with van der Waals surface area (Å²) in [4.78, 5) is 0. The minimum Gasteiger partial charge on any atom is -0.0988 e. The van der Waals surface area contributed by atoms with Crippen LogP contribution in [0.4, 0.5) is 0 Å². The molecular weight excluding hydrogens is 252 g/mol. The quantitative estimate of drug-likeness (QED) is 0.573. The van der Waals surface area contributed by atoms with Crippen LogP contribution in [-0.2, 0) is 0 Å². The van der Waals surface area contributed by atoms with E-state index in [-0.39, 0.29) is 5.41 Å². The fourth-order valence-corrected chi connectivity index (χ4v) is 4.19. The number of rotatable bonds is 3. The molecule has 0 radical (unpaired) electrons. The summed E-state index contributed by atoms with van der Waals surface area (Å²) >= 11 is 0. The second kappa shape index (κ2) is 5.89. The van der Waals surface area contributed by atoms with Gasteiger partial charge in [0.2, 0.25) is 0 Å². The van der Waals surface area contributed by atoms with E-state index in [1.54, 1.807) is 0 Å². The van der Waals surface area contributed by atoms with E-state index in [0.29, 0.717) is 0 Å². The minimum atomic E-state index is -0.0154. The summed E-state index contributed by atoms with van der Waals surface area (Å²) in [6.07, 6.45) is 15.2. The lowest BCUT2D eigenvalue weighted by atomic mass is 9.71. The fraction of sp³-hybridized carbons (Fsp3) is 0.333. The second-order valence-corrected chi connectivity index (χ2v) is 5.70. The van der Waals surface area contributed by atoms with Gasteiger partial charge in [-0.2, -0.15) is 0 Å². The maximum atomic E-state index is 4.10. The molecule has 1 spiro atoms. The molecule has 1 unspecified atom stereocenters. The standard InChI is InChI=1S/C21H26/c1-7-12-20-15(6)17(9-3)19(11-5)21(20)14-13-16(8-2)18(21)10-4/h7-12H,2,4,13-14H2,1,3,5-6H3/b12-7-,17-9-,19-11+. The zero-order chi connectivity index (χ0) is 15.6. The molecule has 0 aromatic rings. The van der Waals surface area contributed by atoms with Gasteiger partial charge in [0.1, 0.15) is 0 Å². The van der Waals surface area contributed by atoms with Crippen LogP contribution in [0.5, 0.6) is 0 Å². The topological polar surface area (TPSA) is 0 Å². The third kappa shape index (κ3) is 1.97. The van der Waals surface area contributed by atoms with Gasteiger partial charge in [0.05, 0.1) is 0 Å². The molecular formula is C21H26. The monoisotopic (exact) mass is 278 g/mol. The van der Waals surface area contributed by atoms with Crippen LogP contribution >= 0.6 is 0 Å². The zero-order valence-electron chi connectivity index (χ0n) is 13.8. The Kier molecular flexibility index (Phi) is 4.37. The first kappa shape index (κ1) is 15.6. The van der Waals surface area contributed by atoms with Crippen LogP contribution in [0.1, 0.15) is 40.5 Å². The van der Waals surface area contributed by atoms with Crippen LogP contribution in [0.2, 0.25) is 0 Å². The molecule has 2 aliphatic rings. The van der Waals surface area contributed by atoms with Gasteiger partial charge < -0.3 is 0 Å². The van der Waals surface area contributed by atoms with Crippen LogP contribution in [0.3, 0.4) is 0 Å². The van der Waals surface area contributed by atoms with Crippen molar-refractivity contribution in [3.8, 4) is 0 Å². The van der Waals surface area contributed by atoms with Gasteiger partial charge in [-0.15, -0.1) is 0 Å². The number of hydrogen-bond donors (Lipinski definition) is 0. The molecule has 2 aliphatic carbocycles. The molecule has 0 heterocycles. The first-order chi connectivity index (χ1) is 10.1. The van der Waals surface area contributed by atoms with Gasteiger partial charge in [-0.1, -0.05) is 49.6 Å². The van der Waals surface area contributed by atoms with E-state index in [2.05, 4.69) is 65.2 Å². The van der Waals surface area contributed by atoms with Crippen LogP contribution in [0.15, 0.2) is 83.1 Å². The molecule has 0 saturated heterocycles. The second-order valence-electron chi connectivity index (χ2n) is 5.70. The van der Waals surface area contributed by atoms with Gasteiger partial charge in [0, 0.05) is 5.41 Å². The molecule has 0 fully saturated rings. The average molecular weight is 278 g/mol. The van der Waals surface area contributed by atoms with Crippen molar-refractivity contribution in [1.82, 2.24) is 0 Å². The molecule has 0 aromatic heterocycles. The first-order valence-electron chi connectivity index (χ1n) is 7.78. The molecule has 2 rings (SSSR count). The molecule has 0 aromatic carbocycles. The lowest BCUT2D eigenvalue weighted by molar-refractivity contribution is 0.547. The lowest BCUT2D eigenvalue weighted by Crippen LogP contribution is -2.21. The van der Waals surface area contributed by atoms with E-state index in [1.165, 1.54) is 33.4 Å². The summed E-state index contributed by atoms with van der Waals surface area (Å²) in [6.45, 7) is 16.7. The summed E-state index contributed by atoms with van der Waals surface area (Å²) in [6, 6.07) is 0. The van der Waals surface area contributed by atoms with Gasteiger partial charge in [0.15, 0.2) is 0 Å². The molecule has 1 atom stereocenters. The zero-order valence-corrected chi connectivity index (χ0v) is 13.8. The Labute approximate surface area is 129 Å². The van der Waals surface area contributed by atoms with Gasteiger partial charge in [0.25, 0.3) is 0 Å². The molecule has 110 valence electrons. The molecule has 0 bridgehead atoms. The summed E-state index contributed by atoms with van der Waals surface area (Å²) in [7, 11) is 0. The Morgan fingerprint density at radius 1 is 1.00 bits per heavy atom. The van der Waals surface area contributed by atoms with Crippen molar-refractivity contribution in [2.45, 2.75) is 40.5 Å². The van der Waals surface area contributed by atoms with Gasteiger partial charge >= 0.3 is 0 Å². The van der Waals surface area contributed by atoms with Crippen LogP contribution in [-0.4, -0.2) is 0 Å². The molecule has 0 aliphatic heterocycles. The normalized spacial score (nSPS) is 29.7. The van der Waals surface area contributed by atoms with Crippen molar-refractivity contribution in [2.75, 3.05) is 0 Å². The van der Waals surface area contributed by atoms with Crippen molar-refractivity contribution in [2.24, 2.45) is 5.41 Å². The average Bonchev–Trinajstić information content (AvgIpc) is 2.97. The SMILES string of the molecule is C=CC1=C(C=C)C2(CC1)C(/C=C\C)=C(C)C(=C/C)/C2=C\C. The Balaban J connectivity index is 2.85. The summed E-state index contributed by atoms with van der Waals surface area (Å²) in [5.74, 6) is 0. The minimum absolute atomic E-state index is 0.0154. The third-order valence-corrected chi connectivity index (χ3v) is 4.95. The Bertz CT molecular complexity index is 629. The Hall–Kier alpha value is -1.82. The van der Waals surface area contributed by atoms with Gasteiger partial charge in [-0.25, -0.2) is 0 Å². The van der Waals surface area contributed by atoms with Crippen molar-refractivity contribution < 1.29 is 0 Å². The highest BCUT2D eigenvalue weighted by Gasteiger charge is 2.49. The largest absolute Gasteiger partial charge is 0.0988 e. The van der Waals surface area contributed by atoms with Crippen molar-refractivity contribution >= 4 is 0 Å². The molecule has 0 nitrogen and oxygen atoms in total. The molecule has 0 heteroatoms. The molecule has 0 N–H and O–H groups in total. The summed E-state index contributed by atoms with van der Waals surface area (Å²) < 4.78 is 0. The third-order valence-electron chi connectivity index (χ3n) is 4.95. The first-order valence-corrected chi connectivity index (χ1v) is 7.78. The molecule has 0 saturated carbocycles. The van der Waals surface area contributed by atoms with E-state index >= 15 is 0 Å². The van der Waals surface area contributed by atoms with E-state index in [4.69, 9.17) is 0 Å². The number of allylic oxidation sites excluding steroid dienone is 12. The van der Waals surface area contributed by atoms with Crippen LogP contribution < -0.4 is 0 Å². The van der Waals surface area contributed by atoms with Crippen LogP contribution in [0.25, 0.3) is 0 Å². The molecule has 0 amide bonds. The number of hydrogen-bond acceptors (Lipinski definition) is 0. The van der Waals surface area contributed by atoms with E-state index in [0.717, 1.165) is 12.8 Å². The predicted molar refractivity (Wildman–Crippen MR) is 94.1 cm³/mol. The smallest absolute Gasteiger partial charge is 0.0462 e. The van der Waals surface area contributed by atoms with Gasteiger partial charge in [-0.3, -0.25) is 0 Å². The highest BCUT2D eigenvalue weighted by atomic mass is 14.5. The predicted octanol–water partition coefficient (Wildman–Crippen LogP) is 6.23. The Morgan fingerprint density at radius 3 is 2.19 bits per heavy atom. The van der Waals surface area contributed by atoms with Crippen molar-refractivity contribution in [3.05, 3.63) is 83.1 Å². The van der Waals surface area contributed by atoms with E-state index in [9.17, 15) is 0 Å². The van der Waals surface area contributed by atoms with E-state index < -0.39 is 0 Å². The maximum Gasteiger partial charge on any atom is 0.0462 e. The molecule has 21 heavy (non-hydrogen) atoms. The van der Waals surface area contributed by atoms with E-state index in [1.807, 2.05) is 12.2 Å². The van der Waals surface area contributed by atoms with Crippen molar-refractivity contribution in [1.29, 1.82) is 0 Å². The lowest BCUT2D eigenvalue weighted by Gasteiger charge is -2.31. The fourth-order valence-electron chi connectivity index (χ4n) is 4.19.